The number of nitrogens with two attached hydrogens (primary N) is 1. The molecule has 0 saturated carbocycles. The largest absolute Gasteiger partial charge is 0.447 e. The maximum absolute atomic E-state index is 13.6. The number of carbonyl (C=O) groups is 2. The zero-order chi connectivity index (χ0) is 25.8. The zero-order valence-corrected chi connectivity index (χ0v) is 20.1. The molecule has 9 nitrogen and oxygen atoms in total. The highest BCUT2D eigenvalue weighted by Gasteiger charge is 2.51. The molecule has 2 amide bonds. The molecule has 1 atom stereocenters. The summed E-state index contributed by atoms with van der Waals surface area (Å²) in [6.45, 7) is 1.95. The molecule has 0 saturated heterocycles. The van der Waals surface area contributed by atoms with Crippen molar-refractivity contribution in [2.75, 3.05) is 0 Å². The Kier molecular flexibility index (Phi) is 6.42. The van der Waals surface area contributed by atoms with E-state index in [4.69, 9.17) is 20.3 Å². The number of benzene rings is 2. The van der Waals surface area contributed by atoms with Crippen LogP contribution in [-0.4, -0.2) is 38.4 Å². The van der Waals surface area contributed by atoms with Gasteiger partial charge in [0.25, 0.3) is 5.91 Å². The summed E-state index contributed by atoms with van der Waals surface area (Å²) in [7, 11) is 0. The number of ether oxygens (including phenoxy) is 2. The van der Waals surface area contributed by atoms with Crippen LogP contribution in [0.15, 0.2) is 97.7 Å². The number of nitrogens with zero attached hydrogens (tertiary/aromatic N) is 3. The Labute approximate surface area is 213 Å². The lowest BCUT2D eigenvalue weighted by Crippen LogP contribution is -2.61. The highest BCUT2D eigenvalue weighted by Crippen LogP contribution is 2.28. The van der Waals surface area contributed by atoms with Crippen molar-refractivity contribution in [3.05, 3.63) is 114 Å². The van der Waals surface area contributed by atoms with E-state index in [0.717, 1.165) is 22.4 Å². The van der Waals surface area contributed by atoms with E-state index in [1.807, 2.05) is 73.8 Å². The molecule has 1 aliphatic rings. The van der Waals surface area contributed by atoms with Crippen LogP contribution in [0.2, 0.25) is 0 Å². The number of aromatic nitrogens is 3. The fourth-order valence-corrected chi connectivity index (χ4v) is 4.31. The van der Waals surface area contributed by atoms with Crippen LogP contribution in [0, 0.1) is 6.92 Å². The Morgan fingerprint density at radius 3 is 2.35 bits per heavy atom. The van der Waals surface area contributed by atoms with Gasteiger partial charge < -0.3 is 20.5 Å². The molecule has 0 spiro atoms. The highest BCUT2D eigenvalue weighted by atomic mass is 16.7. The average Bonchev–Trinajstić information content (AvgIpc) is 3.57. The molecule has 0 bridgehead atoms. The van der Waals surface area contributed by atoms with Gasteiger partial charge in [-0.3, -0.25) is 9.59 Å². The third-order valence-electron chi connectivity index (χ3n) is 6.12. The molecule has 9 heteroatoms. The van der Waals surface area contributed by atoms with Gasteiger partial charge in [-0.25, -0.2) is 9.67 Å². The number of pyridine rings is 1. The van der Waals surface area contributed by atoms with Gasteiger partial charge >= 0.3 is 11.7 Å². The van der Waals surface area contributed by atoms with Crippen LogP contribution in [0.4, 0.5) is 0 Å². The van der Waals surface area contributed by atoms with E-state index in [9.17, 15) is 9.59 Å². The summed E-state index contributed by atoms with van der Waals surface area (Å²) in [5.74, 6) is -2.90. The Morgan fingerprint density at radius 1 is 1.00 bits per heavy atom. The Hall–Kier alpha value is -4.92. The fraction of sp³-hybridized carbons (Fsp3) is 0.143. The van der Waals surface area contributed by atoms with E-state index in [1.165, 1.54) is 12.5 Å². The van der Waals surface area contributed by atoms with Crippen molar-refractivity contribution in [3.8, 4) is 17.1 Å². The van der Waals surface area contributed by atoms with Crippen LogP contribution < -0.4 is 11.1 Å². The zero-order valence-electron chi connectivity index (χ0n) is 20.1. The van der Waals surface area contributed by atoms with Gasteiger partial charge in [-0.1, -0.05) is 60.7 Å². The van der Waals surface area contributed by atoms with Crippen LogP contribution in [0.3, 0.4) is 0 Å². The smallest absolute Gasteiger partial charge is 0.352 e. The van der Waals surface area contributed by atoms with Crippen LogP contribution in [0.25, 0.3) is 17.1 Å². The van der Waals surface area contributed by atoms with E-state index in [2.05, 4.69) is 10.3 Å². The second-order valence-corrected chi connectivity index (χ2v) is 8.60. The predicted octanol–water partition coefficient (Wildman–Crippen LogP) is 3.28. The molecule has 4 aromatic rings. The summed E-state index contributed by atoms with van der Waals surface area (Å²) in [4.78, 5) is 30.6. The highest BCUT2D eigenvalue weighted by molar-refractivity contribution is 5.98. The lowest BCUT2D eigenvalue weighted by molar-refractivity contribution is -0.182. The first-order chi connectivity index (χ1) is 18.0. The molecular formula is C28H25N5O4. The maximum Gasteiger partial charge on any atom is 0.352 e. The fourth-order valence-electron chi connectivity index (χ4n) is 4.31. The van der Waals surface area contributed by atoms with Gasteiger partial charge in [0.15, 0.2) is 5.82 Å². The molecule has 1 aliphatic heterocycles. The van der Waals surface area contributed by atoms with Gasteiger partial charge in [0.05, 0.1) is 11.3 Å². The number of hydrogen-bond donors (Lipinski definition) is 2. The summed E-state index contributed by atoms with van der Waals surface area (Å²) < 4.78 is 12.6. The molecule has 0 aliphatic carbocycles. The van der Waals surface area contributed by atoms with Crippen molar-refractivity contribution in [1.29, 1.82) is 0 Å². The van der Waals surface area contributed by atoms with Gasteiger partial charge in [-0.2, -0.15) is 5.10 Å². The van der Waals surface area contributed by atoms with E-state index in [-0.39, 0.29) is 12.0 Å². The standard InChI is InChI=1S/C28H25N5O4/c1-19-18-33(32-24(19)21-11-6-3-7-12-21)25-22(13-8-14-30-25)26(34)31-23(17-20-9-4-2-5-10-20)28(27(29)35)36-15-16-37-28/h2-16,18,23H,17H2,1H3,(H2,29,35)(H,31,34). The van der Waals surface area contributed by atoms with E-state index in [0.29, 0.717) is 5.82 Å². The summed E-state index contributed by atoms with van der Waals surface area (Å²) in [6, 6.07) is 21.5. The van der Waals surface area contributed by atoms with Gasteiger partial charge in [0, 0.05) is 24.4 Å². The Morgan fingerprint density at radius 2 is 1.68 bits per heavy atom. The first-order valence-corrected chi connectivity index (χ1v) is 11.7. The molecule has 186 valence electrons. The number of aryl methyl sites for hydroxylation is 1. The monoisotopic (exact) mass is 495 g/mol. The first-order valence-electron chi connectivity index (χ1n) is 11.7. The van der Waals surface area contributed by atoms with Gasteiger partial charge in [-0.05, 0) is 30.2 Å². The molecular weight excluding hydrogens is 470 g/mol. The van der Waals surface area contributed by atoms with Crippen molar-refractivity contribution in [2.45, 2.75) is 25.2 Å². The summed E-state index contributed by atoms with van der Waals surface area (Å²) in [5.41, 5.74) is 9.47. The second-order valence-electron chi connectivity index (χ2n) is 8.60. The quantitative estimate of drug-likeness (QED) is 0.387. The number of nitrogens with one attached hydrogen (secondary N) is 1. The molecule has 37 heavy (non-hydrogen) atoms. The molecule has 1 unspecified atom stereocenters. The van der Waals surface area contributed by atoms with Gasteiger partial charge in [-0.15, -0.1) is 0 Å². The van der Waals surface area contributed by atoms with Crippen LogP contribution in [-0.2, 0) is 20.7 Å². The Bertz CT molecular complexity index is 1440. The maximum atomic E-state index is 13.6. The minimum absolute atomic E-state index is 0.228. The Balaban J connectivity index is 1.49. The minimum Gasteiger partial charge on any atom is -0.447 e. The molecule has 0 fully saturated rings. The molecule has 0 radical (unpaired) electrons. The molecule has 3 heterocycles. The molecule has 3 N–H and O–H groups in total. The lowest BCUT2D eigenvalue weighted by Gasteiger charge is -2.33. The van der Waals surface area contributed by atoms with Crippen molar-refractivity contribution < 1.29 is 19.1 Å². The van der Waals surface area contributed by atoms with E-state index in [1.54, 1.807) is 23.0 Å². The number of amides is 2. The number of hydrogen-bond acceptors (Lipinski definition) is 6. The number of primary amides is 1. The summed E-state index contributed by atoms with van der Waals surface area (Å²) >= 11 is 0. The molecule has 2 aromatic heterocycles. The van der Waals surface area contributed by atoms with E-state index >= 15 is 0 Å². The number of rotatable bonds is 8. The van der Waals surface area contributed by atoms with Crippen molar-refractivity contribution in [3.63, 3.8) is 0 Å². The molecule has 2 aromatic carbocycles. The SMILES string of the molecule is Cc1cn(-c2ncccc2C(=O)NC(Cc2ccccc2)C2(C(N)=O)OC=CO2)nc1-c1ccccc1. The summed E-state index contributed by atoms with van der Waals surface area (Å²) in [5, 5.41) is 7.60. The van der Waals surface area contributed by atoms with Gasteiger partial charge in [0.1, 0.15) is 18.6 Å². The second kappa shape index (κ2) is 9.98. The summed E-state index contributed by atoms with van der Waals surface area (Å²) in [6.07, 6.45) is 6.11. The van der Waals surface area contributed by atoms with Crippen LogP contribution in [0.5, 0.6) is 0 Å². The normalized spacial score (nSPS) is 14.4. The molecule has 5 rings (SSSR count). The minimum atomic E-state index is -1.89. The lowest BCUT2D eigenvalue weighted by atomic mass is 9.97. The van der Waals surface area contributed by atoms with Crippen LogP contribution >= 0.6 is 0 Å². The third kappa shape index (κ3) is 4.66. The van der Waals surface area contributed by atoms with Crippen molar-refractivity contribution in [2.24, 2.45) is 5.73 Å². The van der Waals surface area contributed by atoms with E-state index < -0.39 is 23.6 Å². The number of carbonyl (C=O) groups excluding carboxylic acids is 2. The first kappa shape index (κ1) is 23.8. The topological polar surface area (TPSA) is 121 Å². The van der Waals surface area contributed by atoms with Crippen LogP contribution in [0.1, 0.15) is 21.5 Å². The predicted molar refractivity (Wildman–Crippen MR) is 136 cm³/mol. The van der Waals surface area contributed by atoms with Crippen molar-refractivity contribution >= 4 is 11.8 Å². The van der Waals surface area contributed by atoms with Gasteiger partial charge in [0.2, 0.25) is 0 Å². The third-order valence-corrected chi connectivity index (χ3v) is 6.12. The average molecular weight is 496 g/mol. The van der Waals surface area contributed by atoms with Crippen molar-refractivity contribution in [1.82, 2.24) is 20.1 Å².